The van der Waals surface area contributed by atoms with Crippen LogP contribution in [0.5, 0.6) is 0 Å². The van der Waals surface area contributed by atoms with E-state index in [0.29, 0.717) is 16.7 Å². The molecule has 0 aliphatic rings. The molecule has 0 atom stereocenters. The fourth-order valence-electron chi connectivity index (χ4n) is 2.32. The van der Waals surface area contributed by atoms with Crippen LogP contribution in [0.1, 0.15) is 5.56 Å². The van der Waals surface area contributed by atoms with Gasteiger partial charge in [0.15, 0.2) is 0 Å². The van der Waals surface area contributed by atoms with Gasteiger partial charge in [0, 0.05) is 24.8 Å². The summed E-state index contributed by atoms with van der Waals surface area (Å²) < 4.78 is 27.0. The maximum absolute atomic E-state index is 12.9. The van der Waals surface area contributed by atoms with Crippen LogP contribution in [-0.4, -0.2) is 25.4 Å². The van der Waals surface area contributed by atoms with Gasteiger partial charge in [-0.15, -0.1) is 0 Å². The molecular weight excluding hydrogens is 298 g/mol. The van der Waals surface area contributed by atoms with Crippen molar-refractivity contribution in [2.75, 3.05) is 11.4 Å². The van der Waals surface area contributed by atoms with Crippen molar-refractivity contribution in [1.82, 2.24) is 9.97 Å². The number of aryl methyl sites for hydroxylation is 1. The zero-order valence-electron chi connectivity index (χ0n) is 12.3. The van der Waals surface area contributed by atoms with E-state index >= 15 is 0 Å². The Balaban J connectivity index is 2.20. The summed E-state index contributed by atoms with van der Waals surface area (Å²) in [6.07, 6.45) is 3.23. The predicted molar refractivity (Wildman–Crippen MR) is 86.3 cm³/mol. The Labute approximate surface area is 129 Å². The first-order valence-electron chi connectivity index (χ1n) is 6.76. The normalized spacial score (nSPS) is 11.5. The topological polar surface area (TPSA) is 63.2 Å². The maximum atomic E-state index is 12.9. The van der Waals surface area contributed by atoms with Crippen LogP contribution in [0.25, 0.3) is 10.9 Å². The van der Waals surface area contributed by atoms with Crippen molar-refractivity contribution in [3.05, 3.63) is 60.4 Å². The van der Waals surface area contributed by atoms with Gasteiger partial charge >= 0.3 is 0 Å². The highest BCUT2D eigenvalue weighted by Crippen LogP contribution is 2.27. The highest BCUT2D eigenvalue weighted by molar-refractivity contribution is 7.93. The van der Waals surface area contributed by atoms with Crippen molar-refractivity contribution in [3.63, 3.8) is 0 Å². The van der Waals surface area contributed by atoms with Crippen LogP contribution in [-0.2, 0) is 10.0 Å². The molecule has 0 fully saturated rings. The fourth-order valence-corrected chi connectivity index (χ4v) is 3.66. The summed E-state index contributed by atoms with van der Waals surface area (Å²) in [5.41, 5.74) is 1.63. The molecule has 0 bridgehead atoms. The smallest absolute Gasteiger partial charge is 0.256 e. The summed E-state index contributed by atoms with van der Waals surface area (Å²) in [5.74, 6) is 0.375. The molecule has 0 radical (unpaired) electrons. The summed E-state index contributed by atoms with van der Waals surface area (Å²) in [4.78, 5) is 8.62. The lowest BCUT2D eigenvalue weighted by atomic mass is 10.1. The van der Waals surface area contributed by atoms with E-state index in [4.69, 9.17) is 0 Å². The van der Waals surface area contributed by atoms with Gasteiger partial charge in [-0.05, 0) is 42.8 Å². The first-order valence-corrected chi connectivity index (χ1v) is 8.20. The SMILES string of the molecule is Cc1ccc(S(=O)(=O)N(C)c2ccccn2)c2cccnc12. The number of pyridine rings is 2. The molecule has 0 unspecified atom stereocenters. The number of aromatic nitrogens is 2. The van der Waals surface area contributed by atoms with Crippen LogP contribution in [0.2, 0.25) is 0 Å². The number of benzene rings is 1. The van der Waals surface area contributed by atoms with Crippen LogP contribution in [0, 0.1) is 6.92 Å². The highest BCUT2D eigenvalue weighted by Gasteiger charge is 2.24. The molecule has 3 aromatic rings. The minimum absolute atomic E-state index is 0.231. The van der Waals surface area contributed by atoms with E-state index in [9.17, 15) is 8.42 Å². The summed E-state index contributed by atoms with van der Waals surface area (Å²) in [6, 6.07) is 12.1. The van der Waals surface area contributed by atoms with Crippen LogP contribution in [0.15, 0.2) is 59.8 Å². The van der Waals surface area contributed by atoms with E-state index < -0.39 is 10.0 Å². The van der Waals surface area contributed by atoms with Gasteiger partial charge in [0.1, 0.15) is 5.82 Å². The monoisotopic (exact) mass is 313 g/mol. The summed E-state index contributed by atoms with van der Waals surface area (Å²) in [6.45, 7) is 1.91. The fraction of sp³-hybridized carbons (Fsp3) is 0.125. The molecule has 3 rings (SSSR count). The molecule has 112 valence electrons. The third-order valence-electron chi connectivity index (χ3n) is 3.54. The summed E-state index contributed by atoms with van der Waals surface area (Å²) in [7, 11) is -2.20. The van der Waals surface area contributed by atoms with Crippen LogP contribution in [0.4, 0.5) is 5.82 Å². The number of fused-ring (bicyclic) bond motifs is 1. The van der Waals surface area contributed by atoms with Crippen molar-refractivity contribution in [2.45, 2.75) is 11.8 Å². The second-order valence-corrected chi connectivity index (χ2v) is 6.88. The number of anilines is 1. The zero-order valence-corrected chi connectivity index (χ0v) is 13.1. The Hall–Kier alpha value is -2.47. The van der Waals surface area contributed by atoms with E-state index in [1.54, 1.807) is 54.9 Å². The molecule has 0 N–H and O–H groups in total. The van der Waals surface area contributed by atoms with E-state index in [0.717, 1.165) is 5.56 Å². The molecule has 5 nitrogen and oxygen atoms in total. The average molecular weight is 313 g/mol. The van der Waals surface area contributed by atoms with Crippen LogP contribution >= 0.6 is 0 Å². The van der Waals surface area contributed by atoms with Gasteiger partial charge in [0.05, 0.1) is 10.4 Å². The maximum Gasteiger partial charge on any atom is 0.265 e. The van der Waals surface area contributed by atoms with Crippen molar-refractivity contribution in [1.29, 1.82) is 0 Å². The van der Waals surface area contributed by atoms with Gasteiger partial charge in [-0.25, -0.2) is 13.4 Å². The Kier molecular flexibility index (Phi) is 3.54. The van der Waals surface area contributed by atoms with Gasteiger partial charge in [-0.2, -0.15) is 0 Å². The Morgan fingerprint density at radius 2 is 1.73 bits per heavy atom. The summed E-state index contributed by atoms with van der Waals surface area (Å²) in [5, 5.41) is 0.616. The van der Waals surface area contributed by atoms with Gasteiger partial charge < -0.3 is 0 Å². The third-order valence-corrected chi connectivity index (χ3v) is 5.36. The molecule has 0 aliphatic carbocycles. The molecule has 2 heterocycles. The van der Waals surface area contributed by atoms with E-state index in [1.165, 1.54) is 11.4 Å². The van der Waals surface area contributed by atoms with Crippen LogP contribution in [0.3, 0.4) is 0 Å². The lowest BCUT2D eigenvalue weighted by Crippen LogP contribution is -2.27. The van der Waals surface area contributed by atoms with Gasteiger partial charge in [-0.1, -0.05) is 12.1 Å². The lowest BCUT2D eigenvalue weighted by Gasteiger charge is -2.19. The second kappa shape index (κ2) is 5.38. The van der Waals surface area contributed by atoms with Crippen molar-refractivity contribution < 1.29 is 8.42 Å². The summed E-state index contributed by atoms with van der Waals surface area (Å²) >= 11 is 0. The largest absolute Gasteiger partial charge is 0.265 e. The Bertz CT molecular complexity index is 925. The lowest BCUT2D eigenvalue weighted by molar-refractivity contribution is 0.595. The second-order valence-electron chi connectivity index (χ2n) is 4.94. The third kappa shape index (κ3) is 2.31. The molecule has 0 spiro atoms. The van der Waals surface area contributed by atoms with Gasteiger partial charge in [0.2, 0.25) is 0 Å². The Morgan fingerprint density at radius 3 is 2.45 bits per heavy atom. The highest BCUT2D eigenvalue weighted by atomic mass is 32.2. The molecule has 0 saturated heterocycles. The van der Waals surface area contributed by atoms with E-state index in [-0.39, 0.29) is 4.90 Å². The molecule has 6 heteroatoms. The first-order chi connectivity index (χ1) is 10.5. The van der Waals surface area contributed by atoms with E-state index in [1.807, 2.05) is 6.92 Å². The minimum Gasteiger partial charge on any atom is -0.256 e. The molecule has 0 saturated carbocycles. The molecule has 0 amide bonds. The van der Waals surface area contributed by atoms with E-state index in [2.05, 4.69) is 9.97 Å². The number of hydrogen-bond acceptors (Lipinski definition) is 4. The standard InChI is InChI=1S/C16H15N3O2S/c1-12-8-9-14(13-6-5-11-18-16(12)13)22(20,21)19(2)15-7-3-4-10-17-15/h3-11H,1-2H3. The van der Waals surface area contributed by atoms with Crippen molar-refractivity contribution in [3.8, 4) is 0 Å². The molecule has 0 aliphatic heterocycles. The number of nitrogens with zero attached hydrogens (tertiary/aromatic N) is 3. The average Bonchev–Trinajstić information content (AvgIpc) is 2.55. The number of hydrogen-bond donors (Lipinski definition) is 0. The molecule has 22 heavy (non-hydrogen) atoms. The quantitative estimate of drug-likeness (QED) is 0.746. The molecule has 1 aromatic carbocycles. The molecule has 2 aromatic heterocycles. The minimum atomic E-state index is -3.70. The Morgan fingerprint density at radius 1 is 0.955 bits per heavy atom. The molecular formula is C16H15N3O2S. The van der Waals surface area contributed by atoms with Crippen molar-refractivity contribution in [2.24, 2.45) is 0 Å². The van der Waals surface area contributed by atoms with Gasteiger partial charge in [0.25, 0.3) is 10.0 Å². The number of rotatable bonds is 3. The number of sulfonamides is 1. The van der Waals surface area contributed by atoms with Crippen LogP contribution < -0.4 is 4.31 Å². The van der Waals surface area contributed by atoms with Crippen molar-refractivity contribution >= 4 is 26.7 Å². The van der Waals surface area contributed by atoms with Gasteiger partial charge in [-0.3, -0.25) is 9.29 Å². The first kappa shape index (κ1) is 14.5. The predicted octanol–water partition coefficient (Wildman–Crippen LogP) is 2.76. The zero-order chi connectivity index (χ0) is 15.7.